The Balaban J connectivity index is 2.42. The molecule has 1 aliphatic rings. The minimum Gasteiger partial charge on any atom is -0.431 e. The highest BCUT2D eigenvalue weighted by Gasteiger charge is 2.27. The Bertz CT molecular complexity index is 236. The second kappa shape index (κ2) is 6.27. The minimum atomic E-state index is -0.519. The topological polar surface area (TPSA) is 35.5 Å². The average molecular weight is 242 g/mol. The third-order valence-electron chi connectivity index (χ3n) is 3.22. The molecule has 1 aliphatic carbocycles. The number of hydrogen-bond donors (Lipinski definition) is 0. The largest absolute Gasteiger partial charge is 0.509 e. The van der Waals surface area contributed by atoms with Gasteiger partial charge in [-0.15, -0.1) is 0 Å². The summed E-state index contributed by atoms with van der Waals surface area (Å²) in [5, 5.41) is 0. The van der Waals surface area contributed by atoms with E-state index in [9.17, 15) is 4.79 Å². The van der Waals surface area contributed by atoms with E-state index < -0.39 is 11.8 Å². The van der Waals surface area contributed by atoms with Gasteiger partial charge in [-0.25, -0.2) is 4.79 Å². The van der Waals surface area contributed by atoms with Crippen molar-refractivity contribution in [3.05, 3.63) is 0 Å². The average Bonchev–Trinajstić information content (AvgIpc) is 2.24. The second-order valence-electron chi connectivity index (χ2n) is 5.93. The lowest BCUT2D eigenvalue weighted by molar-refractivity contribution is -0.0442. The fraction of sp³-hybridized carbons (Fsp3) is 0.929. The van der Waals surface area contributed by atoms with Gasteiger partial charge in [-0.1, -0.05) is 26.2 Å². The summed E-state index contributed by atoms with van der Waals surface area (Å²) in [6.45, 7) is 7.64. The highest BCUT2D eigenvalue weighted by atomic mass is 16.7. The molecule has 0 aliphatic heterocycles. The molecule has 0 aromatic rings. The second-order valence-corrected chi connectivity index (χ2v) is 5.93. The third-order valence-corrected chi connectivity index (χ3v) is 3.22. The fourth-order valence-corrected chi connectivity index (χ4v) is 2.42. The van der Waals surface area contributed by atoms with Crippen molar-refractivity contribution < 1.29 is 14.3 Å². The lowest BCUT2D eigenvalue weighted by Gasteiger charge is -2.30. The van der Waals surface area contributed by atoms with Crippen molar-refractivity contribution in [1.29, 1.82) is 0 Å². The van der Waals surface area contributed by atoms with E-state index in [1.165, 1.54) is 32.1 Å². The van der Waals surface area contributed by atoms with E-state index in [2.05, 4.69) is 6.92 Å². The first kappa shape index (κ1) is 14.3. The normalized spacial score (nSPS) is 19.8. The Morgan fingerprint density at radius 3 is 2.29 bits per heavy atom. The molecule has 1 fully saturated rings. The summed E-state index contributed by atoms with van der Waals surface area (Å²) >= 11 is 0. The Morgan fingerprint density at radius 1 is 1.24 bits per heavy atom. The summed E-state index contributed by atoms with van der Waals surface area (Å²) < 4.78 is 10.7. The summed E-state index contributed by atoms with van der Waals surface area (Å²) in [6.07, 6.45) is 6.60. The Labute approximate surface area is 105 Å². The maximum absolute atomic E-state index is 11.6. The third kappa shape index (κ3) is 5.42. The number of carbonyl (C=O) groups excluding carboxylic acids is 1. The van der Waals surface area contributed by atoms with Crippen LogP contribution < -0.4 is 0 Å². The Hall–Kier alpha value is -0.730. The zero-order valence-corrected chi connectivity index (χ0v) is 11.6. The van der Waals surface area contributed by atoms with Crippen molar-refractivity contribution in [2.75, 3.05) is 0 Å². The minimum absolute atomic E-state index is 0.0325. The molecule has 3 nitrogen and oxygen atoms in total. The van der Waals surface area contributed by atoms with Gasteiger partial charge >= 0.3 is 6.16 Å². The van der Waals surface area contributed by atoms with Gasteiger partial charge in [-0.05, 0) is 46.0 Å². The van der Waals surface area contributed by atoms with Gasteiger partial charge in [0.25, 0.3) is 0 Å². The molecule has 100 valence electrons. The van der Waals surface area contributed by atoms with E-state index in [4.69, 9.17) is 9.47 Å². The van der Waals surface area contributed by atoms with Gasteiger partial charge in [0.1, 0.15) is 11.7 Å². The van der Waals surface area contributed by atoms with Crippen LogP contribution in [0.2, 0.25) is 0 Å². The number of rotatable bonds is 3. The van der Waals surface area contributed by atoms with E-state index >= 15 is 0 Å². The lowest BCUT2D eigenvalue weighted by atomic mass is 9.84. The fourth-order valence-electron chi connectivity index (χ4n) is 2.42. The van der Waals surface area contributed by atoms with E-state index in [1.807, 2.05) is 20.8 Å². The van der Waals surface area contributed by atoms with Crippen LogP contribution in [0.25, 0.3) is 0 Å². The molecular formula is C14H26O3. The standard InChI is InChI=1S/C14H26O3/c1-5-12(11-9-7-6-8-10-11)16-13(15)17-14(2,3)4/h11-12H,5-10H2,1-4H3. The summed E-state index contributed by atoms with van der Waals surface area (Å²) in [4.78, 5) is 11.6. The maximum atomic E-state index is 11.6. The molecule has 0 aromatic heterocycles. The predicted octanol–water partition coefficient (Wildman–Crippen LogP) is 4.30. The van der Waals surface area contributed by atoms with Crippen LogP contribution in [0.15, 0.2) is 0 Å². The molecule has 1 atom stereocenters. The zero-order valence-electron chi connectivity index (χ0n) is 11.6. The molecule has 0 aromatic carbocycles. The Kier molecular flexibility index (Phi) is 5.29. The lowest BCUT2D eigenvalue weighted by Crippen LogP contribution is -2.32. The van der Waals surface area contributed by atoms with Crippen molar-refractivity contribution >= 4 is 6.16 Å². The quantitative estimate of drug-likeness (QED) is 0.692. The van der Waals surface area contributed by atoms with Crippen molar-refractivity contribution in [1.82, 2.24) is 0 Å². The summed E-state index contributed by atoms with van der Waals surface area (Å²) in [6, 6.07) is 0. The van der Waals surface area contributed by atoms with Crippen molar-refractivity contribution in [2.45, 2.75) is 77.9 Å². The highest BCUT2D eigenvalue weighted by Crippen LogP contribution is 2.29. The van der Waals surface area contributed by atoms with Crippen molar-refractivity contribution in [3.63, 3.8) is 0 Å². The molecule has 0 N–H and O–H groups in total. The predicted molar refractivity (Wildman–Crippen MR) is 68.0 cm³/mol. The molecule has 0 amide bonds. The molecule has 1 unspecified atom stereocenters. The van der Waals surface area contributed by atoms with E-state index in [-0.39, 0.29) is 6.10 Å². The first-order valence-corrected chi connectivity index (χ1v) is 6.82. The van der Waals surface area contributed by atoms with E-state index in [1.54, 1.807) is 0 Å². The van der Waals surface area contributed by atoms with Gasteiger partial charge in [0.2, 0.25) is 0 Å². The SMILES string of the molecule is CCC(OC(=O)OC(C)(C)C)C1CCCCC1. The van der Waals surface area contributed by atoms with Gasteiger partial charge in [-0.2, -0.15) is 0 Å². The van der Waals surface area contributed by atoms with Gasteiger partial charge in [-0.3, -0.25) is 0 Å². The van der Waals surface area contributed by atoms with Gasteiger partial charge in [0.05, 0.1) is 0 Å². The molecular weight excluding hydrogens is 216 g/mol. The smallest absolute Gasteiger partial charge is 0.431 e. The van der Waals surface area contributed by atoms with E-state index in [0.717, 1.165) is 6.42 Å². The van der Waals surface area contributed by atoms with Crippen LogP contribution >= 0.6 is 0 Å². The van der Waals surface area contributed by atoms with Gasteiger partial charge in [0.15, 0.2) is 0 Å². The molecule has 1 saturated carbocycles. The molecule has 0 radical (unpaired) electrons. The first-order chi connectivity index (χ1) is 7.92. The van der Waals surface area contributed by atoms with Crippen LogP contribution in [-0.4, -0.2) is 17.9 Å². The van der Waals surface area contributed by atoms with Crippen LogP contribution in [0.3, 0.4) is 0 Å². The van der Waals surface area contributed by atoms with Gasteiger partial charge in [0, 0.05) is 0 Å². The van der Waals surface area contributed by atoms with Crippen LogP contribution in [0.5, 0.6) is 0 Å². The van der Waals surface area contributed by atoms with Crippen molar-refractivity contribution in [3.8, 4) is 0 Å². The molecule has 17 heavy (non-hydrogen) atoms. The molecule has 3 heteroatoms. The highest BCUT2D eigenvalue weighted by molar-refractivity contribution is 5.60. The van der Waals surface area contributed by atoms with Crippen LogP contribution in [-0.2, 0) is 9.47 Å². The summed E-state index contributed by atoms with van der Waals surface area (Å²) in [7, 11) is 0. The molecule has 0 heterocycles. The van der Waals surface area contributed by atoms with E-state index in [0.29, 0.717) is 5.92 Å². The Morgan fingerprint density at radius 2 is 1.82 bits per heavy atom. The summed E-state index contributed by atoms with van der Waals surface area (Å²) in [5.41, 5.74) is -0.470. The zero-order chi connectivity index (χ0) is 12.9. The summed E-state index contributed by atoms with van der Waals surface area (Å²) in [5.74, 6) is 0.529. The van der Waals surface area contributed by atoms with Crippen LogP contribution in [0.1, 0.15) is 66.2 Å². The number of ether oxygens (including phenoxy) is 2. The molecule has 0 spiro atoms. The molecule has 1 rings (SSSR count). The first-order valence-electron chi connectivity index (χ1n) is 6.82. The van der Waals surface area contributed by atoms with Crippen molar-refractivity contribution in [2.24, 2.45) is 5.92 Å². The number of hydrogen-bond acceptors (Lipinski definition) is 3. The molecule has 0 bridgehead atoms. The van der Waals surface area contributed by atoms with Gasteiger partial charge < -0.3 is 9.47 Å². The number of carbonyl (C=O) groups is 1. The molecule has 0 saturated heterocycles. The van der Waals surface area contributed by atoms with Crippen LogP contribution in [0, 0.1) is 5.92 Å². The van der Waals surface area contributed by atoms with Crippen LogP contribution in [0.4, 0.5) is 4.79 Å². The monoisotopic (exact) mass is 242 g/mol. The maximum Gasteiger partial charge on any atom is 0.509 e.